The average molecular weight is 419 g/mol. The molecule has 1 aromatic carbocycles. The van der Waals surface area contributed by atoms with Crippen LogP contribution >= 0.6 is 0 Å². The van der Waals surface area contributed by atoms with Crippen LogP contribution in [0, 0.1) is 0 Å². The maximum atomic E-state index is 12.3. The van der Waals surface area contributed by atoms with Gasteiger partial charge in [-0.25, -0.2) is 17.6 Å². The second-order valence-electron chi connectivity index (χ2n) is 5.80. The van der Waals surface area contributed by atoms with Crippen molar-refractivity contribution >= 4 is 27.3 Å². The number of rotatable bonds is 8. The number of anilines is 2. The van der Waals surface area contributed by atoms with E-state index >= 15 is 0 Å². The minimum atomic E-state index is -3.91. The fourth-order valence-electron chi connectivity index (χ4n) is 2.40. The molecule has 0 spiro atoms. The Kier molecular flexibility index (Phi) is 8.07. The van der Waals surface area contributed by atoms with Gasteiger partial charge in [0.2, 0.25) is 12.2 Å². The summed E-state index contributed by atoms with van der Waals surface area (Å²) in [6.07, 6.45) is 5.88. The number of ether oxygens (including phenoxy) is 1. The highest BCUT2D eigenvalue weighted by atomic mass is 35.5. The maximum Gasteiger partial charge on any atom is 0.257 e. The van der Waals surface area contributed by atoms with Crippen molar-refractivity contribution in [2.75, 3.05) is 22.6 Å². The first-order valence-electron chi connectivity index (χ1n) is 7.91. The van der Waals surface area contributed by atoms with Gasteiger partial charge in [0.05, 0.1) is 37.8 Å². The lowest BCUT2D eigenvalue weighted by molar-refractivity contribution is -0.671. The van der Waals surface area contributed by atoms with Crippen LogP contribution in [0.25, 0.3) is 0 Å². The number of aryl methyl sites for hydroxylation is 2. The Balaban J connectivity index is 0.00000364. The van der Waals surface area contributed by atoms with Gasteiger partial charge in [-0.1, -0.05) is 0 Å². The quantitative estimate of drug-likeness (QED) is 0.377. The number of methoxy groups -OCH3 is 1. The van der Waals surface area contributed by atoms with Crippen molar-refractivity contribution in [2.24, 2.45) is 7.05 Å². The molecule has 0 bridgehead atoms. The normalized spacial score (nSPS) is 10.8. The Morgan fingerprint density at radius 3 is 2.67 bits per heavy atom. The number of imidazole rings is 1. The minimum Gasteiger partial charge on any atom is -1.00 e. The lowest BCUT2D eigenvalue weighted by Gasteiger charge is -2.18. The Labute approximate surface area is 164 Å². The van der Waals surface area contributed by atoms with E-state index in [0.29, 0.717) is 18.7 Å². The first-order chi connectivity index (χ1) is 12.2. The molecule has 0 fully saturated rings. The number of nitrogens with zero attached hydrogens (tertiary/aromatic N) is 3. The van der Waals surface area contributed by atoms with Gasteiger partial charge < -0.3 is 22.5 Å². The van der Waals surface area contributed by atoms with Crippen LogP contribution in [-0.4, -0.2) is 37.0 Å². The number of halogens is 1. The monoisotopic (exact) mass is 418 g/mol. The van der Waals surface area contributed by atoms with Crippen molar-refractivity contribution in [3.63, 3.8) is 0 Å². The van der Waals surface area contributed by atoms with Gasteiger partial charge in [-0.15, -0.1) is 4.47 Å². The molecule has 2 rings (SSSR count). The highest BCUT2D eigenvalue weighted by Gasteiger charge is 2.22. The smallest absolute Gasteiger partial charge is 0.257 e. The van der Waals surface area contributed by atoms with Crippen LogP contribution in [-0.2, 0) is 28.4 Å². The number of nitrogens with one attached hydrogen (secondary N) is 1. The van der Waals surface area contributed by atoms with E-state index in [1.165, 1.54) is 32.2 Å². The third-order valence-corrected chi connectivity index (χ3v) is 5.16. The van der Waals surface area contributed by atoms with E-state index in [2.05, 4.69) is 5.32 Å². The fraction of sp³-hybridized carbons (Fsp3) is 0.375. The number of hydrogen-bond acceptors (Lipinski definition) is 5. The van der Waals surface area contributed by atoms with Gasteiger partial charge >= 0.3 is 0 Å². The molecule has 0 unspecified atom stereocenters. The lowest BCUT2D eigenvalue weighted by Crippen LogP contribution is -3.00. The van der Waals surface area contributed by atoms with Crippen LogP contribution in [0.3, 0.4) is 0 Å². The SMILES string of the molecule is COc1cc(N(O)S(=O)(=O)CCCn2cc[n+](C)c2)ccc1NC(C)=O.[Cl-]. The van der Waals surface area contributed by atoms with Crippen molar-refractivity contribution in [2.45, 2.75) is 19.9 Å². The van der Waals surface area contributed by atoms with Crippen LogP contribution in [0.4, 0.5) is 11.4 Å². The van der Waals surface area contributed by atoms with E-state index < -0.39 is 10.0 Å². The number of amides is 1. The van der Waals surface area contributed by atoms with Crippen LogP contribution in [0.5, 0.6) is 5.75 Å². The van der Waals surface area contributed by atoms with Crippen molar-refractivity contribution in [3.8, 4) is 5.75 Å². The third kappa shape index (κ3) is 6.12. The summed E-state index contributed by atoms with van der Waals surface area (Å²) in [6.45, 7) is 1.86. The van der Waals surface area contributed by atoms with Crippen molar-refractivity contribution in [3.05, 3.63) is 36.9 Å². The molecule has 27 heavy (non-hydrogen) atoms. The highest BCUT2D eigenvalue weighted by molar-refractivity contribution is 7.92. The van der Waals surface area contributed by atoms with Gasteiger partial charge in [0.15, 0.2) is 0 Å². The summed E-state index contributed by atoms with van der Waals surface area (Å²) >= 11 is 0. The summed E-state index contributed by atoms with van der Waals surface area (Å²) in [5.41, 5.74) is 0.415. The largest absolute Gasteiger partial charge is 1.00 e. The first-order valence-corrected chi connectivity index (χ1v) is 9.52. The number of benzene rings is 1. The van der Waals surface area contributed by atoms with Crippen LogP contribution in [0.2, 0.25) is 0 Å². The van der Waals surface area contributed by atoms with E-state index in [1.54, 1.807) is 0 Å². The van der Waals surface area contributed by atoms with Crippen LogP contribution in [0.15, 0.2) is 36.9 Å². The van der Waals surface area contributed by atoms with Crippen LogP contribution in [0.1, 0.15) is 13.3 Å². The molecule has 1 heterocycles. The Bertz CT molecular complexity index is 885. The zero-order valence-corrected chi connectivity index (χ0v) is 16.9. The highest BCUT2D eigenvalue weighted by Crippen LogP contribution is 2.30. The summed E-state index contributed by atoms with van der Waals surface area (Å²) in [4.78, 5) is 11.2. The van der Waals surface area contributed by atoms with Gasteiger partial charge in [0, 0.05) is 19.4 Å². The molecule has 150 valence electrons. The zero-order valence-electron chi connectivity index (χ0n) is 15.3. The molecule has 0 aliphatic rings. The third-order valence-electron chi connectivity index (χ3n) is 3.62. The molecule has 9 nitrogen and oxygen atoms in total. The summed E-state index contributed by atoms with van der Waals surface area (Å²) in [7, 11) is -0.649. The molecule has 0 radical (unpaired) electrons. The van der Waals surface area contributed by atoms with E-state index in [4.69, 9.17) is 4.74 Å². The van der Waals surface area contributed by atoms with Gasteiger partial charge in [-0.2, -0.15) is 0 Å². The molecule has 1 aromatic heterocycles. The molecule has 11 heteroatoms. The van der Waals surface area contributed by atoms with Crippen molar-refractivity contribution < 1.29 is 40.1 Å². The van der Waals surface area contributed by atoms with Crippen LogP contribution < -0.4 is 31.5 Å². The molecule has 2 N–H and O–H groups in total. The Morgan fingerprint density at radius 1 is 1.41 bits per heavy atom. The van der Waals surface area contributed by atoms with E-state index in [1.807, 2.05) is 34.9 Å². The Morgan fingerprint density at radius 2 is 2.11 bits per heavy atom. The molecule has 2 aromatic rings. The molecule has 0 aliphatic carbocycles. The average Bonchev–Trinajstić information content (AvgIpc) is 2.99. The molecule has 0 aliphatic heterocycles. The molecule has 1 amide bonds. The predicted molar refractivity (Wildman–Crippen MR) is 95.6 cm³/mol. The summed E-state index contributed by atoms with van der Waals surface area (Å²) in [5.74, 6) is -0.268. The Hall–Kier alpha value is -2.30. The van der Waals surface area contributed by atoms with Crippen molar-refractivity contribution in [1.82, 2.24) is 4.57 Å². The number of aromatic nitrogens is 2. The summed E-state index contributed by atoms with van der Waals surface area (Å²) in [6, 6.07) is 4.19. The lowest BCUT2D eigenvalue weighted by atomic mass is 10.2. The van der Waals surface area contributed by atoms with Gasteiger partial charge in [0.1, 0.15) is 18.1 Å². The number of carbonyl (C=O) groups excluding carboxylic acids is 1. The van der Waals surface area contributed by atoms with Gasteiger partial charge in [0.25, 0.3) is 10.0 Å². The molecule has 0 saturated heterocycles. The molecular weight excluding hydrogens is 396 g/mol. The van der Waals surface area contributed by atoms with E-state index in [-0.39, 0.29) is 40.0 Å². The summed E-state index contributed by atoms with van der Waals surface area (Å²) in [5, 5.41) is 12.7. The second kappa shape index (κ2) is 9.58. The van der Waals surface area contributed by atoms with E-state index in [0.717, 1.165) is 0 Å². The molecular formula is C16H23ClN4O5S. The summed E-state index contributed by atoms with van der Waals surface area (Å²) < 4.78 is 33.8. The van der Waals surface area contributed by atoms with Gasteiger partial charge in [-0.3, -0.25) is 10.0 Å². The zero-order chi connectivity index (χ0) is 19.3. The fourth-order valence-corrected chi connectivity index (χ4v) is 3.50. The molecule has 0 atom stereocenters. The standard InChI is InChI=1S/C16H22N4O5S.ClH/c1-13(21)17-15-6-5-14(11-16(15)25-3)20(22)26(23,24)10-4-7-19-9-8-18(2)12-19;/h5-6,8-9,11-12,22H,4,7,10H2,1-3H3;1H. The number of hydrogen-bond donors (Lipinski definition) is 2. The number of carbonyl (C=O) groups is 1. The second-order valence-corrected chi connectivity index (χ2v) is 7.71. The minimum absolute atomic E-state index is 0. The number of sulfonamides is 1. The van der Waals surface area contributed by atoms with E-state index in [9.17, 15) is 18.4 Å². The maximum absolute atomic E-state index is 12.3. The first kappa shape index (κ1) is 22.7. The topological polar surface area (TPSA) is 105 Å². The van der Waals surface area contributed by atoms with Gasteiger partial charge in [-0.05, 0) is 12.1 Å². The molecule has 0 saturated carbocycles. The predicted octanol–water partition coefficient (Wildman–Crippen LogP) is -2.10. The van der Waals surface area contributed by atoms with Crippen molar-refractivity contribution in [1.29, 1.82) is 0 Å².